The van der Waals surface area contributed by atoms with E-state index in [0.717, 1.165) is 33.2 Å². The van der Waals surface area contributed by atoms with Crippen LogP contribution in [0, 0.1) is 13.8 Å². The second-order valence-electron chi connectivity index (χ2n) is 8.52. The van der Waals surface area contributed by atoms with Crippen molar-refractivity contribution in [3.8, 4) is 0 Å². The van der Waals surface area contributed by atoms with Gasteiger partial charge in [0.2, 0.25) is 0 Å². The third-order valence-corrected chi connectivity index (χ3v) is 6.51. The molecule has 0 bridgehead atoms. The first-order chi connectivity index (χ1) is 15.9. The molecule has 0 unspecified atom stereocenters. The van der Waals surface area contributed by atoms with Gasteiger partial charge in [0.1, 0.15) is 0 Å². The number of fused-ring (bicyclic) bond motifs is 1. The Balaban J connectivity index is 1.63. The lowest BCUT2D eigenvalue weighted by Gasteiger charge is -2.28. The highest BCUT2D eigenvalue weighted by atomic mass is 32.1. The second kappa shape index (κ2) is 10.0. The molecule has 0 amide bonds. The van der Waals surface area contributed by atoms with Crippen LogP contribution in [0.5, 0.6) is 0 Å². The molecule has 4 nitrogen and oxygen atoms in total. The number of H-pyrrole nitrogens is 1. The third kappa shape index (κ3) is 5.32. The van der Waals surface area contributed by atoms with Crippen LogP contribution < -0.4 is 10.9 Å². The normalized spacial score (nSPS) is 11.8. The van der Waals surface area contributed by atoms with Crippen LogP contribution in [0.2, 0.25) is 0 Å². The van der Waals surface area contributed by atoms with Gasteiger partial charge < -0.3 is 15.2 Å². The number of benzene rings is 3. The summed E-state index contributed by atoms with van der Waals surface area (Å²) in [6.07, 6.45) is 0. The molecule has 0 saturated carbocycles. The first-order valence-corrected chi connectivity index (χ1v) is 11.6. The number of aromatic amines is 1. The Labute approximate surface area is 200 Å². The van der Waals surface area contributed by atoms with E-state index in [0.29, 0.717) is 23.8 Å². The van der Waals surface area contributed by atoms with Crippen molar-refractivity contribution in [3.05, 3.63) is 117 Å². The highest BCUT2D eigenvalue weighted by Crippen LogP contribution is 2.20. The van der Waals surface area contributed by atoms with E-state index >= 15 is 0 Å². The SMILES string of the molecule is Cc1ccc2cc(CN(Cc3ccccc3)C(=S)N[C@H](C)c3ccccc3)c(=O)[nH]c2c1C. The van der Waals surface area contributed by atoms with Gasteiger partial charge >= 0.3 is 0 Å². The summed E-state index contributed by atoms with van der Waals surface area (Å²) < 4.78 is 0. The van der Waals surface area contributed by atoms with Gasteiger partial charge in [-0.2, -0.15) is 0 Å². The van der Waals surface area contributed by atoms with Crippen LogP contribution in [0.25, 0.3) is 10.9 Å². The molecule has 4 rings (SSSR count). The van der Waals surface area contributed by atoms with Gasteiger partial charge in [-0.05, 0) is 66.7 Å². The maximum Gasteiger partial charge on any atom is 0.253 e. The van der Waals surface area contributed by atoms with Crippen LogP contribution in [0.4, 0.5) is 0 Å². The summed E-state index contributed by atoms with van der Waals surface area (Å²) in [6.45, 7) is 7.22. The van der Waals surface area contributed by atoms with Gasteiger partial charge in [0.05, 0.1) is 18.1 Å². The fourth-order valence-corrected chi connectivity index (χ4v) is 4.30. The fraction of sp³-hybridized carbons (Fsp3) is 0.214. The highest BCUT2D eigenvalue weighted by Gasteiger charge is 2.17. The Bertz CT molecular complexity index is 1320. The van der Waals surface area contributed by atoms with E-state index in [1.165, 1.54) is 0 Å². The maximum atomic E-state index is 13.0. The third-order valence-electron chi connectivity index (χ3n) is 6.13. The van der Waals surface area contributed by atoms with E-state index in [1.54, 1.807) is 0 Å². The minimum Gasteiger partial charge on any atom is -0.356 e. The molecular weight excluding hydrogens is 426 g/mol. The molecule has 4 aromatic rings. The number of aromatic nitrogens is 1. The van der Waals surface area contributed by atoms with Crippen molar-refractivity contribution >= 4 is 28.2 Å². The Morgan fingerprint density at radius 3 is 2.33 bits per heavy atom. The summed E-state index contributed by atoms with van der Waals surface area (Å²) in [5, 5.41) is 5.11. The van der Waals surface area contributed by atoms with Gasteiger partial charge in [-0.3, -0.25) is 4.79 Å². The van der Waals surface area contributed by atoms with E-state index in [4.69, 9.17) is 12.2 Å². The summed E-state index contributed by atoms with van der Waals surface area (Å²) in [5.41, 5.74) is 6.08. The molecule has 0 radical (unpaired) electrons. The van der Waals surface area contributed by atoms with E-state index in [-0.39, 0.29) is 11.6 Å². The molecule has 0 aliphatic carbocycles. The highest BCUT2D eigenvalue weighted by molar-refractivity contribution is 7.80. The lowest BCUT2D eigenvalue weighted by atomic mass is 10.0. The monoisotopic (exact) mass is 455 g/mol. The molecule has 5 heteroatoms. The second-order valence-corrected chi connectivity index (χ2v) is 8.91. The Morgan fingerprint density at radius 1 is 0.970 bits per heavy atom. The van der Waals surface area contributed by atoms with E-state index in [2.05, 4.69) is 65.4 Å². The molecule has 1 aromatic heterocycles. The zero-order valence-corrected chi connectivity index (χ0v) is 20.1. The minimum absolute atomic E-state index is 0.0532. The van der Waals surface area contributed by atoms with Gasteiger partial charge in [-0.15, -0.1) is 0 Å². The van der Waals surface area contributed by atoms with Crippen molar-refractivity contribution in [2.24, 2.45) is 0 Å². The van der Waals surface area contributed by atoms with Crippen LogP contribution in [-0.4, -0.2) is 15.0 Å². The molecule has 33 heavy (non-hydrogen) atoms. The number of pyridine rings is 1. The smallest absolute Gasteiger partial charge is 0.253 e. The average molecular weight is 456 g/mol. The average Bonchev–Trinajstić information content (AvgIpc) is 2.83. The largest absolute Gasteiger partial charge is 0.356 e. The van der Waals surface area contributed by atoms with E-state index < -0.39 is 0 Å². The van der Waals surface area contributed by atoms with Crippen molar-refractivity contribution in [2.45, 2.75) is 39.9 Å². The summed E-state index contributed by atoms with van der Waals surface area (Å²) in [7, 11) is 0. The number of nitrogens with one attached hydrogen (secondary N) is 2. The summed E-state index contributed by atoms with van der Waals surface area (Å²) in [5.74, 6) is 0. The molecule has 2 N–H and O–H groups in total. The first-order valence-electron chi connectivity index (χ1n) is 11.2. The van der Waals surface area contributed by atoms with Crippen molar-refractivity contribution in [3.63, 3.8) is 0 Å². The number of aryl methyl sites for hydroxylation is 2. The molecule has 0 aliphatic rings. The number of hydrogen-bond donors (Lipinski definition) is 2. The number of rotatable bonds is 6. The van der Waals surface area contributed by atoms with Gasteiger partial charge in [0.15, 0.2) is 5.11 Å². The number of nitrogens with zero attached hydrogens (tertiary/aromatic N) is 1. The van der Waals surface area contributed by atoms with Crippen molar-refractivity contribution < 1.29 is 0 Å². The van der Waals surface area contributed by atoms with Crippen molar-refractivity contribution in [2.75, 3.05) is 0 Å². The maximum absolute atomic E-state index is 13.0. The molecule has 0 saturated heterocycles. The predicted molar refractivity (Wildman–Crippen MR) is 140 cm³/mol. The zero-order valence-electron chi connectivity index (χ0n) is 19.3. The summed E-state index contributed by atoms with van der Waals surface area (Å²) in [4.78, 5) is 18.2. The number of thiocarbonyl (C=S) groups is 1. The molecule has 0 fully saturated rings. The standard InChI is InChI=1S/C28H29N3OS/c1-19-14-15-24-16-25(27(32)30-26(24)20(19)2)18-31(17-22-10-6-4-7-11-22)28(33)29-21(3)23-12-8-5-9-13-23/h4-16,21H,17-18H2,1-3H3,(H,29,33)(H,30,32)/t21-/m1/s1. The van der Waals surface area contributed by atoms with Gasteiger partial charge in [-0.1, -0.05) is 72.8 Å². The van der Waals surface area contributed by atoms with Gasteiger partial charge in [-0.25, -0.2) is 0 Å². The van der Waals surface area contributed by atoms with E-state index in [9.17, 15) is 4.79 Å². The van der Waals surface area contributed by atoms with Crippen molar-refractivity contribution in [1.29, 1.82) is 0 Å². The van der Waals surface area contributed by atoms with Gasteiger partial charge in [0.25, 0.3) is 5.56 Å². The molecular formula is C28H29N3OS. The zero-order chi connectivity index (χ0) is 23.4. The number of hydrogen-bond acceptors (Lipinski definition) is 2. The quantitative estimate of drug-likeness (QED) is 0.362. The van der Waals surface area contributed by atoms with Crippen LogP contribution in [0.1, 0.15) is 40.8 Å². The minimum atomic E-state index is -0.0758. The topological polar surface area (TPSA) is 48.1 Å². The Kier molecular flexibility index (Phi) is 6.90. The molecule has 1 heterocycles. The summed E-state index contributed by atoms with van der Waals surface area (Å²) in [6, 6.07) is 26.6. The van der Waals surface area contributed by atoms with Gasteiger partial charge in [0, 0.05) is 12.1 Å². The molecule has 3 aromatic carbocycles. The lowest BCUT2D eigenvalue weighted by Crippen LogP contribution is -2.41. The first kappa shape index (κ1) is 22.7. The Hall–Kier alpha value is -3.44. The van der Waals surface area contributed by atoms with E-state index in [1.807, 2.05) is 49.4 Å². The molecule has 0 aliphatic heterocycles. The molecule has 168 valence electrons. The van der Waals surface area contributed by atoms with Crippen LogP contribution in [0.3, 0.4) is 0 Å². The lowest BCUT2D eigenvalue weighted by molar-refractivity contribution is 0.392. The molecule has 1 atom stereocenters. The fourth-order valence-electron chi connectivity index (χ4n) is 4.00. The van der Waals surface area contributed by atoms with Crippen LogP contribution in [-0.2, 0) is 13.1 Å². The predicted octanol–water partition coefficient (Wildman–Crippen LogP) is 5.78. The van der Waals surface area contributed by atoms with Crippen LogP contribution >= 0.6 is 12.2 Å². The molecule has 0 spiro atoms. The summed E-state index contributed by atoms with van der Waals surface area (Å²) >= 11 is 5.83. The van der Waals surface area contributed by atoms with Crippen LogP contribution in [0.15, 0.2) is 83.7 Å². The van der Waals surface area contributed by atoms with Crippen molar-refractivity contribution in [1.82, 2.24) is 15.2 Å². The Morgan fingerprint density at radius 2 is 1.64 bits per heavy atom.